The van der Waals surface area contributed by atoms with Crippen LogP contribution in [-0.4, -0.2) is 28.6 Å². The van der Waals surface area contributed by atoms with Gasteiger partial charge < -0.3 is 13.3 Å². The van der Waals surface area contributed by atoms with E-state index in [4.69, 9.17) is 13.3 Å². The zero-order chi connectivity index (χ0) is 17.2. The maximum Gasteiger partial charge on any atom is 0.500 e. The van der Waals surface area contributed by atoms with Crippen LogP contribution in [0.4, 0.5) is 4.70 Å². The van der Waals surface area contributed by atoms with Gasteiger partial charge in [0.1, 0.15) is 0 Å². The third-order valence-electron chi connectivity index (χ3n) is 3.91. The highest BCUT2D eigenvalue weighted by molar-refractivity contribution is 6.60. The Labute approximate surface area is 151 Å². The highest BCUT2D eigenvalue weighted by Gasteiger charge is 2.40. The largest absolute Gasteiger partial charge is 0.500 e. The maximum atomic E-state index is 6.14. The van der Waals surface area contributed by atoms with Gasteiger partial charge in [-0.1, -0.05) is 72.6 Å². The third-order valence-corrected chi connectivity index (χ3v) is 6.81. The van der Waals surface area contributed by atoms with Gasteiger partial charge in [-0.05, 0) is 25.7 Å². The number of hydrogen-bond acceptors (Lipinski definition) is 3. The summed E-state index contributed by atoms with van der Waals surface area (Å²) in [6.45, 7) is 11.0. The summed E-state index contributed by atoms with van der Waals surface area (Å²) in [7, 11) is -2.44. The monoisotopic (exact) mass is 366 g/mol. The van der Waals surface area contributed by atoms with E-state index in [-0.39, 0.29) is 4.70 Å². The maximum absolute atomic E-state index is 6.14. The van der Waals surface area contributed by atoms with E-state index in [1.807, 2.05) is 0 Å². The van der Waals surface area contributed by atoms with Gasteiger partial charge in [0.05, 0.1) is 0 Å². The van der Waals surface area contributed by atoms with Crippen molar-refractivity contribution in [2.24, 2.45) is 0 Å². The lowest BCUT2D eigenvalue weighted by Gasteiger charge is -2.29. The second kappa shape index (κ2) is 19.4. The first-order valence-electron chi connectivity index (χ1n) is 10.2. The minimum Gasteiger partial charge on any atom is -0.373 e. The number of halogens is 1. The second-order valence-corrected chi connectivity index (χ2v) is 9.19. The summed E-state index contributed by atoms with van der Waals surface area (Å²) in [6.07, 6.45) is 13.7. The lowest BCUT2D eigenvalue weighted by Crippen LogP contribution is -2.46. The summed E-state index contributed by atoms with van der Waals surface area (Å²) in [4.78, 5) is 0. The van der Waals surface area contributed by atoms with Crippen molar-refractivity contribution in [3.63, 3.8) is 0 Å². The van der Waals surface area contributed by atoms with Crippen LogP contribution in [0.5, 0.6) is 0 Å². The summed E-state index contributed by atoms with van der Waals surface area (Å²) in [5.41, 5.74) is 0. The molecule has 0 aliphatic carbocycles. The van der Waals surface area contributed by atoms with Crippen LogP contribution < -0.4 is 0 Å². The van der Waals surface area contributed by atoms with Crippen molar-refractivity contribution < 1.29 is 18.0 Å². The average Bonchev–Trinajstić information content (AvgIpc) is 2.58. The molecule has 0 rings (SSSR count). The minimum atomic E-state index is -2.44. The first-order chi connectivity index (χ1) is 11.2. The molecule has 0 bridgehead atoms. The molecule has 0 unspecified atom stereocenters. The van der Waals surface area contributed by atoms with Crippen molar-refractivity contribution in [2.45, 2.75) is 104 Å². The van der Waals surface area contributed by atoms with Gasteiger partial charge in [0.15, 0.2) is 0 Å². The first-order valence-corrected chi connectivity index (χ1v) is 12.1. The van der Waals surface area contributed by atoms with Crippen LogP contribution in [0.1, 0.15) is 98.3 Å². The van der Waals surface area contributed by atoms with E-state index < -0.39 is 8.80 Å². The Hall–Kier alpha value is 0.0269. The predicted octanol–water partition coefficient (Wildman–Crippen LogP) is 6.50. The average molecular weight is 367 g/mol. The van der Waals surface area contributed by atoms with Gasteiger partial charge in [0.2, 0.25) is 0 Å². The van der Waals surface area contributed by atoms with Crippen molar-refractivity contribution in [3.8, 4) is 0 Å². The highest BCUT2D eigenvalue weighted by Crippen LogP contribution is 2.22. The normalized spacial score (nSPS) is 11.5. The van der Waals surface area contributed by atoms with E-state index in [1.165, 1.54) is 51.4 Å². The molecule has 148 valence electrons. The lowest BCUT2D eigenvalue weighted by atomic mass is 10.1. The smallest absolute Gasteiger partial charge is 0.373 e. The number of hydrogen-bond donors (Lipinski definition) is 0. The Balaban J connectivity index is 0. The lowest BCUT2D eigenvalue weighted by molar-refractivity contribution is 0.0586. The van der Waals surface area contributed by atoms with Crippen molar-refractivity contribution in [1.29, 1.82) is 0 Å². The molecule has 5 heteroatoms. The molecular weight excluding hydrogens is 323 g/mol. The van der Waals surface area contributed by atoms with Gasteiger partial charge in [-0.25, -0.2) is 0 Å². The van der Waals surface area contributed by atoms with E-state index >= 15 is 0 Å². The van der Waals surface area contributed by atoms with Crippen molar-refractivity contribution >= 4 is 8.80 Å². The first kappa shape index (κ1) is 26.3. The molecule has 0 atom stereocenters. The molecule has 0 radical (unpaired) electrons. The molecule has 0 aromatic heterocycles. The molecule has 0 aromatic carbocycles. The zero-order valence-electron chi connectivity index (χ0n) is 16.7. The Bertz CT molecular complexity index is 221. The summed E-state index contributed by atoms with van der Waals surface area (Å²) >= 11 is 0. The zero-order valence-corrected chi connectivity index (χ0v) is 17.7. The Morgan fingerprint density at radius 2 is 0.875 bits per heavy atom. The molecule has 24 heavy (non-hydrogen) atoms. The Kier molecular flexibility index (Phi) is 21.2. The molecule has 0 N–H and O–H groups in total. The van der Waals surface area contributed by atoms with Crippen LogP contribution in [0.2, 0.25) is 6.04 Å². The summed E-state index contributed by atoms with van der Waals surface area (Å²) in [6, 6.07) is 0.988. The van der Waals surface area contributed by atoms with Crippen LogP contribution in [0, 0.1) is 0 Å². The standard InChI is InChI=1S/C19H42O3Si.FH/c1-5-9-10-11-12-13-14-15-19-23(20-16-6-2,21-17-7-3)22-18-8-4;/h5-19H2,1-4H3;1H. The molecule has 3 nitrogen and oxygen atoms in total. The van der Waals surface area contributed by atoms with Crippen LogP contribution in [0.25, 0.3) is 0 Å². The van der Waals surface area contributed by atoms with E-state index in [1.54, 1.807) is 0 Å². The van der Waals surface area contributed by atoms with Crippen LogP contribution in [0.3, 0.4) is 0 Å². The summed E-state index contributed by atoms with van der Waals surface area (Å²) < 4.78 is 18.4. The van der Waals surface area contributed by atoms with Crippen LogP contribution in [0.15, 0.2) is 0 Å². The second-order valence-electron chi connectivity index (χ2n) is 6.45. The molecular formula is C19H43FO3Si. The molecule has 0 aliphatic rings. The molecule has 0 saturated heterocycles. The highest BCUT2D eigenvalue weighted by atomic mass is 28.4. The fraction of sp³-hybridized carbons (Fsp3) is 1.00. The van der Waals surface area contributed by atoms with Gasteiger partial charge in [0.25, 0.3) is 0 Å². The van der Waals surface area contributed by atoms with E-state index in [0.717, 1.165) is 45.1 Å². The molecule has 0 spiro atoms. The SMILES string of the molecule is CCCCCCCCCC[Si](OCCC)(OCCC)OCCC.F. The van der Waals surface area contributed by atoms with E-state index in [9.17, 15) is 0 Å². The Morgan fingerprint density at radius 1 is 0.500 bits per heavy atom. The van der Waals surface area contributed by atoms with E-state index in [0.29, 0.717) is 0 Å². The van der Waals surface area contributed by atoms with E-state index in [2.05, 4.69) is 27.7 Å². The van der Waals surface area contributed by atoms with Crippen molar-refractivity contribution in [1.82, 2.24) is 0 Å². The molecule has 0 amide bonds. The fourth-order valence-electron chi connectivity index (χ4n) is 2.59. The van der Waals surface area contributed by atoms with Gasteiger partial charge in [0, 0.05) is 25.9 Å². The fourth-order valence-corrected chi connectivity index (χ4v) is 5.50. The van der Waals surface area contributed by atoms with Crippen LogP contribution >= 0.6 is 0 Å². The molecule has 0 saturated carbocycles. The third kappa shape index (κ3) is 14.4. The molecule has 0 aliphatic heterocycles. The van der Waals surface area contributed by atoms with Gasteiger partial charge >= 0.3 is 8.80 Å². The molecule has 0 aromatic rings. The topological polar surface area (TPSA) is 27.7 Å². The molecule has 0 heterocycles. The number of rotatable bonds is 18. The van der Waals surface area contributed by atoms with Crippen molar-refractivity contribution in [2.75, 3.05) is 19.8 Å². The van der Waals surface area contributed by atoms with Crippen LogP contribution in [-0.2, 0) is 13.3 Å². The quantitative estimate of drug-likeness (QED) is 0.205. The van der Waals surface area contributed by atoms with Gasteiger partial charge in [-0.2, -0.15) is 0 Å². The molecule has 0 fully saturated rings. The summed E-state index contributed by atoms with van der Waals surface area (Å²) in [5, 5.41) is 0. The summed E-state index contributed by atoms with van der Waals surface area (Å²) in [5.74, 6) is 0. The van der Waals surface area contributed by atoms with Crippen molar-refractivity contribution in [3.05, 3.63) is 0 Å². The predicted molar refractivity (Wildman–Crippen MR) is 104 cm³/mol. The number of unbranched alkanes of at least 4 members (excludes halogenated alkanes) is 7. The van der Waals surface area contributed by atoms with Gasteiger partial charge in [-0.15, -0.1) is 0 Å². The minimum absolute atomic E-state index is 0. The Morgan fingerprint density at radius 3 is 1.25 bits per heavy atom. The van der Waals surface area contributed by atoms with Gasteiger partial charge in [-0.3, -0.25) is 4.70 Å².